The molecule has 0 bridgehead atoms. The van der Waals surface area contributed by atoms with Gasteiger partial charge in [0, 0.05) is 38.9 Å². The third kappa shape index (κ3) is 3.78. The normalized spacial score (nSPS) is 21.2. The number of hydrogen-bond acceptors (Lipinski definition) is 4. The van der Waals surface area contributed by atoms with Crippen LogP contribution in [0, 0.1) is 0 Å². The minimum atomic E-state index is -3.43. The Kier molecular flexibility index (Phi) is 5.14. The van der Waals surface area contributed by atoms with Crippen molar-refractivity contribution in [2.45, 2.75) is 31.7 Å². The van der Waals surface area contributed by atoms with Crippen LogP contribution in [-0.2, 0) is 23.7 Å². The highest BCUT2D eigenvalue weighted by molar-refractivity contribution is 7.87. The van der Waals surface area contributed by atoms with Crippen LogP contribution in [0.15, 0.2) is 12.4 Å². The second-order valence-corrected chi connectivity index (χ2v) is 6.88. The van der Waals surface area contributed by atoms with Crippen molar-refractivity contribution < 1.29 is 8.42 Å². The summed E-state index contributed by atoms with van der Waals surface area (Å²) in [5, 5.41) is 4.06. The average Bonchev–Trinajstić information content (AvgIpc) is 2.84. The molecule has 0 aromatic carbocycles. The van der Waals surface area contributed by atoms with Crippen LogP contribution in [0.25, 0.3) is 0 Å². The molecule has 0 aliphatic carbocycles. The van der Waals surface area contributed by atoms with Crippen LogP contribution in [0.5, 0.6) is 0 Å². The first kappa shape index (κ1) is 15.4. The van der Waals surface area contributed by atoms with Crippen molar-refractivity contribution in [1.82, 2.24) is 18.8 Å². The lowest BCUT2D eigenvalue weighted by molar-refractivity contribution is 0.254. The highest BCUT2D eigenvalue weighted by atomic mass is 32.2. The lowest BCUT2D eigenvalue weighted by Gasteiger charge is -2.33. The van der Waals surface area contributed by atoms with Crippen molar-refractivity contribution in [1.29, 1.82) is 0 Å². The van der Waals surface area contributed by atoms with Gasteiger partial charge in [-0.15, -0.1) is 0 Å². The summed E-state index contributed by atoms with van der Waals surface area (Å²) in [6.07, 6.45) is 7.06. The van der Waals surface area contributed by atoms with Gasteiger partial charge in [-0.3, -0.25) is 4.68 Å². The van der Waals surface area contributed by atoms with Crippen molar-refractivity contribution in [3.8, 4) is 0 Å². The van der Waals surface area contributed by atoms with E-state index in [2.05, 4.69) is 9.82 Å². The summed E-state index contributed by atoms with van der Waals surface area (Å²) in [5.74, 6) is 0. The van der Waals surface area contributed by atoms with Gasteiger partial charge in [-0.25, -0.2) is 4.72 Å². The molecule has 0 amide bonds. The fraction of sp³-hybridized carbons (Fsp3) is 0.750. The summed E-state index contributed by atoms with van der Waals surface area (Å²) >= 11 is 0. The summed E-state index contributed by atoms with van der Waals surface area (Å²) in [6.45, 7) is 1.31. The summed E-state index contributed by atoms with van der Waals surface area (Å²) in [6, 6.07) is -0.0698. The number of aromatic nitrogens is 2. The van der Waals surface area contributed by atoms with E-state index >= 15 is 0 Å². The Labute approximate surface area is 120 Å². The molecule has 3 N–H and O–H groups in total. The second-order valence-electron chi connectivity index (χ2n) is 5.17. The molecule has 1 fully saturated rings. The fourth-order valence-corrected chi connectivity index (χ4v) is 4.01. The number of nitrogens with one attached hydrogen (secondary N) is 1. The average molecular weight is 301 g/mol. The molecule has 0 saturated carbocycles. The third-order valence-corrected chi connectivity index (χ3v) is 5.28. The predicted octanol–water partition coefficient (Wildman–Crippen LogP) is -0.390. The molecule has 1 aromatic rings. The monoisotopic (exact) mass is 301 g/mol. The van der Waals surface area contributed by atoms with E-state index in [1.165, 1.54) is 4.31 Å². The molecule has 1 saturated heterocycles. The second kappa shape index (κ2) is 6.66. The molecule has 7 nitrogen and oxygen atoms in total. The van der Waals surface area contributed by atoms with Crippen molar-refractivity contribution in [2.24, 2.45) is 12.8 Å². The molecule has 0 spiro atoms. The Morgan fingerprint density at radius 3 is 2.95 bits per heavy atom. The zero-order valence-electron chi connectivity index (χ0n) is 11.8. The first-order valence-electron chi connectivity index (χ1n) is 6.97. The third-order valence-electron chi connectivity index (χ3n) is 3.61. The van der Waals surface area contributed by atoms with E-state index < -0.39 is 10.2 Å². The molecule has 20 heavy (non-hydrogen) atoms. The van der Waals surface area contributed by atoms with Gasteiger partial charge in [-0.1, -0.05) is 6.42 Å². The van der Waals surface area contributed by atoms with Gasteiger partial charge in [-0.05, 0) is 24.8 Å². The van der Waals surface area contributed by atoms with E-state index in [9.17, 15) is 8.42 Å². The molecule has 1 atom stereocenters. The van der Waals surface area contributed by atoms with Crippen LogP contribution < -0.4 is 10.5 Å². The van der Waals surface area contributed by atoms with Gasteiger partial charge in [0.05, 0.1) is 6.20 Å². The molecule has 1 aromatic heterocycles. The van der Waals surface area contributed by atoms with Crippen LogP contribution in [0.3, 0.4) is 0 Å². The van der Waals surface area contributed by atoms with Crippen LogP contribution >= 0.6 is 0 Å². The number of aryl methyl sites for hydroxylation is 1. The van der Waals surface area contributed by atoms with Crippen molar-refractivity contribution in [3.63, 3.8) is 0 Å². The number of nitrogens with zero attached hydrogens (tertiary/aromatic N) is 3. The topological polar surface area (TPSA) is 93.2 Å². The maximum atomic E-state index is 12.3. The van der Waals surface area contributed by atoms with E-state index in [1.54, 1.807) is 10.9 Å². The van der Waals surface area contributed by atoms with E-state index in [4.69, 9.17) is 5.73 Å². The van der Waals surface area contributed by atoms with Gasteiger partial charge in [0.1, 0.15) is 0 Å². The minimum Gasteiger partial charge on any atom is -0.329 e. The number of nitrogens with two attached hydrogens (primary N) is 1. The highest BCUT2D eigenvalue weighted by Gasteiger charge is 2.30. The summed E-state index contributed by atoms with van der Waals surface area (Å²) in [4.78, 5) is 0. The lowest BCUT2D eigenvalue weighted by atomic mass is 10.1. The van der Waals surface area contributed by atoms with Crippen molar-refractivity contribution in [2.75, 3.05) is 19.6 Å². The van der Waals surface area contributed by atoms with Gasteiger partial charge in [-0.2, -0.15) is 17.8 Å². The summed E-state index contributed by atoms with van der Waals surface area (Å²) in [5.41, 5.74) is 6.69. The minimum absolute atomic E-state index is 0.0698. The molecule has 2 rings (SSSR count). The van der Waals surface area contributed by atoms with Crippen LogP contribution in [0.1, 0.15) is 24.8 Å². The van der Waals surface area contributed by atoms with Crippen molar-refractivity contribution in [3.05, 3.63) is 18.0 Å². The molecular weight excluding hydrogens is 278 g/mol. The molecule has 1 aliphatic rings. The van der Waals surface area contributed by atoms with Crippen LogP contribution in [-0.4, -0.2) is 48.2 Å². The van der Waals surface area contributed by atoms with Crippen molar-refractivity contribution >= 4 is 10.2 Å². The maximum Gasteiger partial charge on any atom is 0.279 e. The summed E-state index contributed by atoms with van der Waals surface area (Å²) < 4.78 is 30.5. The SMILES string of the molecule is Cn1cc(CCNS(=O)(=O)N2CCCCC2CN)cn1. The Morgan fingerprint density at radius 1 is 1.50 bits per heavy atom. The molecule has 2 heterocycles. The number of rotatable bonds is 6. The fourth-order valence-electron chi connectivity index (χ4n) is 2.53. The largest absolute Gasteiger partial charge is 0.329 e. The Balaban J connectivity index is 1.89. The van der Waals surface area contributed by atoms with E-state index in [-0.39, 0.29) is 6.04 Å². The molecule has 1 unspecified atom stereocenters. The van der Waals surface area contributed by atoms with Gasteiger partial charge < -0.3 is 5.73 Å². The number of hydrogen-bond donors (Lipinski definition) is 2. The lowest BCUT2D eigenvalue weighted by Crippen LogP contribution is -2.51. The Bertz CT molecular complexity index is 528. The van der Waals surface area contributed by atoms with Gasteiger partial charge in [0.2, 0.25) is 0 Å². The first-order chi connectivity index (χ1) is 9.53. The van der Waals surface area contributed by atoms with Gasteiger partial charge in [0.15, 0.2) is 0 Å². The van der Waals surface area contributed by atoms with Gasteiger partial charge >= 0.3 is 0 Å². The zero-order chi connectivity index (χ0) is 14.6. The number of piperidine rings is 1. The standard InChI is InChI=1S/C12H23N5O2S/c1-16-10-11(9-14-16)5-6-15-20(18,19)17-7-3-2-4-12(17)8-13/h9-10,12,15H,2-8,13H2,1H3. The van der Waals surface area contributed by atoms with E-state index in [0.717, 1.165) is 24.8 Å². The Hall–Kier alpha value is -0.960. The zero-order valence-corrected chi connectivity index (χ0v) is 12.6. The summed E-state index contributed by atoms with van der Waals surface area (Å²) in [7, 11) is -1.59. The van der Waals surface area contributed by atoms with Crippen LogP contribution in [0.2, 0.25) is 0 Å². The predicted molar refractivity (Wildman–Crippen MR) is 77.2 cm³/mol. The van der Waals surface area contributed by atoms with Crippen LogP contribution in [0.4, 0.5) is 0 Å². The van der Waals surface area contributed by atoms with Gasteiger partial charge in [0.25, 0.3) is 10.2 Å². The maximum absolute atomic E-state index is 12.3. The first-order valence-corrected chi connectivity index (χ1v) is 8.41. The smallest absolute Gasteiger partial charge is 0.279 e. The molecular formula is C12H23N5O2S. The quantitative estimate of drug-likeness (QED) is 0.748. The molecule has 8 heteroatoms. The van der Waals surface area contributed by atoms with E-state index in [0.29, 0.717) is 26.1 Å². The Morgan fingerprint density at radius 2 is 2.30 bits per heavy atom. The molecule has 0 radical (unpaired) electrons. The van der Waals surface area contributed by atoms with E-state index in [1.807, 2.05) is 13.2 Å². The molecule has 114 valence electrons. The highest BCUT2D eigenvalue weighted by Crippen LogP contribution is 2.18. The molecule has 1 aliphatic heterocycles.